The van der Waals surface area contributed by atoms with E-state index in [0.29, 0.717) is 28.9 Å². The summed E-state index contributed by atoms with van der Waals surface area (Å²) in [4.78, 5) is 4.38. The highest BCUT2D eigenvalue weighted by Gasteiger charge is 2.09. The number of anilines is 2. The van der Waals surface area contributed by atoms with Crippen LogP contribution in [0.15, 0.2) is 48.5 Å². The molecule has 6 heteroatoms. The number of benzene rings is 2. The molecule has 0 saturated heterocycles. The zero-order chi connectivity index (χ0) is 18.5. The van der Waals surface area contributed by atoms with Crippen molar-refractivity contribution in [1.29, 1.82) is 0 Å². The van der Waals surface area contributed by atoms with Gasteiger partial charge >= 0.3 is 0 Å². The maximum Gasteiger partial charge on any atom is 0.146 e. The molecule has 3 rings (SSSR count). The van der Waals surface area contributed by atoms with Crippen molar-refractivity contribution in [2.45, 2.75) is 25.9 Å². The van der Waals surface area contributed by atoms with Crippen molar-refractivity contribution in [3.8, 4) is 11.5 Å². The number of fused-ring (bicyclic) bond motifs is 1. The maximum absolute atomic E-state index is 6.10. The quantitative estimate of drug-likeness (QED) is 0.465. The lowest BCUT2D eigenvalue weighted by molar-refractivity contribution is 0.195. The summed E-state index contributed by atoms with van der Waals surface area (Å²) < 4.78 is 11.8. The van der Waals surface area contributed by atoms with Crippen molar-refractivity contribution in [3.63, 3.8) is 0 Å². The zero-order valence-electron chi connectivity index (χ0n) is 14.6. The molecule has 0 aliphatic rings. The largest absolute Gasteiger partial charge is 0.492 e. The SMILES string of the molecule is CC(CCCOc1ccc(N)cc1Cl)Oc1cccc2ccc(N)nc12. The number of rotatable bonds is 7. The molecular weight excluding hydrogens is 350 g/mol. The lowest BCUT2D eigenvalue weighted by atomic mass is 10.2. The zero-order valence-corrected chi connectivity index (χ0v) is 15.4. The molecule has 0 aliphatic carbocycles. The highest BCUT2D eigenvalue weighted by Crippen LogP contribution is 2.27. The van der Waals surface area contributed by atoms with Crippen LogP contribution in [0.2, 0.25) is 5.02 Å². The molecule has 0 spiro atoms. The van der Waals surface area contributed by atoms with Gasteiger partial charge in [-0.15, -0.1) is 0 Å². The third-order valence-electron chi connectivity index (χ3n) is 4.00. The minimum absolute atomic E-state index is 0.0225. The smallest absolute Gasteiger partial charge is 0.146 e. The molecule has 5 nitrogen and oxygen atoms in total. The minimum Gasteiger partial charge on any atom is -0.492 e. The number of pyridine rings is 1. The van der Waals surface area contributed by atoms with Crippen molar-refractivity contribution in [2.24, 2.45) is 0 Å². The molecule has 1 unspecified atom stereocenters. The fourth-order valence-electron chi connectivity index (χ4n) is 2.69. The summed E-state index contributed by atoms with van der Waals surface area (Å²) in [7, 11) is 0. The summed E-state index contributed by atoms with van der Waals surface area (Å²) in [6.45, 7) is 2.58. The molecule has 0 radical (unpaired) electrons. The predicted molar refractivity (Wildman–Crippen MR) is 107 cm³/mol. The van der Waals surface area contributed by atoms with Crippen LogP contribution in [0, 0.1) is 0 Å². The molecule has 2 aromatic carbocycles. The Bertz CT molecular complexity index is 901. The fourth-order valence-corrected chi connectivity index (χ4v) is 2.94. The molecule has 1 atom stereocenters. The summed E-state index contributed by atoms with van der Waals surface area (Å²) >= 11 is 6.10. The molecule has 0 bridgehead atoms. The maximum atomic E-state index is 6.10. The van der Waals surface area contributed by atoms with E-state index in [1.165, 1.54) is 0 Å². The number of para-hydroxylation sites is 1. The van der Waals surface area contributed by atoms with E-state index in [9.17, 15) is 0 Å². The first-order valence-corrected chi connectivity index (χ1v) is 8.90. The van der Waals surface area contributed by atoms with Crippen LogP contribution in [0.3, 0.4) is 0 Å². The second kappa shape index (κ2) is 8.15. The number of aromatic nitrogens is 1. The average Bonchev–Trinajstić information content (AvgIpc) is 2.61. The molecule has 0 fully saturated rings. The van der Waals surface area contributed by atoms with E-state index in [4.69, 9.17) is 32.5 Å². The first-order chi connectivity index (χ1) is 12.5. The Morgan fingerprint density at radius 1 is 1.08 bits per heavy atom. The van der Waals surface area contributed by atoms with Gasteiger partial charge < -0.3 is 20.9 Å². The Hall–Kier alpha value is -2.66. The molecule has 1 heterocycles. The van der Waals surface area contributed by atoms with Crippen LogP contribution in [-0.2, 0) is 0 Å². The highest BCUT2D eigenvalue weighted by molar-refractivity contribution is 6.32. The predicted octanol–water partition coefficient (Wildman–Crippen LogP) is 4.68. The molecule has 0 aliphatic heterocycles. The van der Waals surface area contributed by atoms with Crippen molar-refractivity contribution < 1.29 is 9.47 Å². The van der Waals surface area contributed by atoms with Gasteiger partial charge in [0.15, 0.2) is 0 Å². The van der Waals surface area contributed by atoms with Gasteiger partial charge in [-0.25, -0.2) is 4.98 Å². The van der Waals surface area contributed by atoms with Gasteiger partial charge in [0.2, 0.25) is 0 Å². The number of nitrogens with two attached hydrogens (primary N) is 2. The Morgan fingerprint density at radius 3 is 2.73 bits per heavy atom. The van der Waals surface area contributed by atoms with Crippen LogP contribution in [0.5, 0.6) is 11.5 Å². The van der Waals surface area contributed by atoms with E-state index in [1.807, 2.05) is 31.2 Å². The Kier molecular flexibility index (Phi) is 5.68. The Labute approximate surface area is 157 Å². The molecule has 26 heavy (non-hydrogen) atoms. The van der Waals surface area contributed by atoms with Gasteiger partial charge in [-0.1, -0.05) is 23.7 Å². The minimum atomic E-state index is 0.0225. The topological polar surface area (TPSA) is 83.4 Å². The number of hydrogen-bond donors (Lipinski definition) is 2. The first kappa shape index (κ1) is 18.1. The van der Waals surface area contributed by atoms with Gasteiger partial charge in [-0.3, -0.25) is 0 Å². The number of hydrogen-bond acceptors (Lipinski definition) is 5. The first-order valence-electron chi connectivity index (χ1n) is 8.52. The van der Waals surface area contributed by atoms with Gasteiger partial charge in [-0.2, -0.15) is 0 Å². The monoisotopic (exact) mass is 371 g/mol. The Balaban J connectivity index is 1.53. The number of nitrogens with zero attached hydrogens (tertiary/aromatic N) is 1. The second-order valence-corrected chi connectivity index (χ2v) is 6.58. The Morgan fingerprint density at radius 2 is 1.92 bits per heavy atom. The van der Waals surface area contributed by atoms with Crippen molar-refractivity contribution >= 4 is 34.0 Å². The molecule has 0 saturated carbocycles. The average molecular weight is 372 g/mol. The summed E-state index contributed by atoms with van der Waals surface area (Å²) in [6.07, 6.45) is 1.70. The van der Waals surface area contributed by atoms with Crippen molar-refractivity contribution in [3.05, 3.63) is 53.6 Å². The molecule has 0 amide bonds. The summed E-state index contributed by atoms with van der Waals surface area (Å²) in [5.41, 5.74) is 12.9. The molecule has 3 aromatic rings. The number of halogens is 1. The summed E-state index contributed by atoms with van der Waals surface area (Å²) in [5.74, 6) is 1.86. The molecular formula is C20H22ClN3O2. The van der Waals surface area contributed by atoms with Crippen molar-refractivity contribution in [1.82, 2.24) is 4.98 Å². The molecule has 136 valence electrons. The van der Waals surface area contributed by atoms with Crippen LogP contribution in [0.4, 0.5) is 11.5 Å². The van der Waals surface area contributed by atoms with Gasteiger partial charge in [-0.05, 0) is 56.2 Å². The van der Waals surface area contributed by atoms with Gasteiger partial charge in [0, 0.05) is 11.1 Å². The van der Waals surface area contributed by atoms with Crippen molar-refractivity contribution in [2.75, 3.05) is 18.1 Å². The van der Waals surface area contributed by atoms with Gasteiger partial charge in [0.25, 0.3) is 0 Å². The highest BCUT2D eigenvalue weighted by atomic mass is 35.5. The molecule has 4 N–H and O–H groups in total. The second-order valence-electron chi connectivity index (χ2n) is 6.17. The van der Waals surface area contributed by atoms with Crippen LogP contribution in [-0.4, -0.2) is 17.7 Å². The van der Waals surface area contributed by atoms with Crippen LogP contribution < -0.4 is 20.9 Å². The van der Waals surface area contributed by atoms with Gasteiger partial charge in [0.1, 0.15) is 22.8 Å². The number of ether oxygens (including phenoxy) is 2. The lowest BCUT2D eigenvalue weighted by Crippen LogP contribution is -2.14. The van der Waals surface area contributed by atoms with E-state index in [2.05, 4.69) is 4.98 Å². The van der Waals surface area contributed by atoms with Crippen LogP contribution in [0.1, 0.15) is 19.8 Å². The lowest BCUT2D eigenvalue weighted by Gasteiger charge is -2.16. The molecule has 1 aromatic heterocycles. The third kappa shape index (κ3) is 4.49. The summed E-state index contributed by atoms with van der Waals surface area (Å²) in [5, 5.41) is 1.53. The van der Waals surface area contributed by atoms with E-state index in [1.54, 1.807) is 24.3 Å². The normalized spacial score (nSPS) is 12.1. The number of nitrogen functional groups attached to an aromatic ring is 2. The van der Waals surface area contributed by atoms with E-state index in [0.717, 1.165) is 29.5 Å². The van der Waals surface area contributed by atoms with Crippen LogP contribution >= 0.6 is 11.6 Å². The standard InChI is InChI=1S/C20H22ClN3O2/c1-13(4-3-11-25-17-9-8-15(22)12-16(17)21)26-18-6-2-5-14-7-10-19(23)24-20(14)18/h2,5-10,12-13H,3-4,11,22H2,1H3,(H2,23,24). The van der Waals surface area contributed by atoms with E-state index in [-0.39, 0.29) is 6.10 Å². The third-order valence-corrected chi connectivity index (χ3v) is 4.30. The fraction of sp³-hybridized carbons (Fsp3) is 0.250. The van der Waals surface area contributed by atoms with Gasteiger partial charge in [0.05, 0.1) is 17.7 Å². The summed E-state index contributed by atoms with van der Waals surface area (Å²) in [6, 6.07) is 14.8. The van der Waals surface area contributed by atoms with E-state index >= 15 is 0 Å². The van der Waals surface area contributed by atoms with E-state index < -0.39 is 0 Å². The van der Waals surface area contributed by atoms with Crippen LogP contribution in [0.25, 0.3) is 10.9 Å².